The Morgan fingerprint density at radius 3 is 2.50 bits per heavy atom. The quantitative estimate of drug-likeness (QED) is 0.597. The largest absolute Gasteiger partial charge is 0.357 e. The number of hydrogen-bond acceptors (Lipinski definition) is 6. The number of nitro groups is 1. The summed E-state index contributed by atoms with van der Waals surface area (Å²) in [6.45, 7) is 1.65. The molecule has 0 atom stereocenters. The average molecular weight is 251 g/mol. The molecule has 0 amide bonds. The van der Waals surface area contributed by atoms with Crippen molar-refractivity contribution < 1.29 is 4.92 Å². The Morgan fingerprint density at radius 2 is 1.94 bits per heavy atom. The summed E-state index contributed by atoms with van der Waals surface area (Å²) in [5.41, 5.74) is 0.00407. The highest BCUT2D eigenvalue weighted by Crippen LogP contribution is 2.34. The van der Waals surface area contributed by atoms with Crippen LogP contribution >= 0.6 is 0 Å². The van der Waals surface area contributed by atoms with E-state index in [0.717, 1.165) is 25.9 Å². The van der Waals surface area contributed by atoms with Gasteiger partial charge in [-0.2, -0.15) is 0 Å². The van der Waals surface area contributed by atoms with Crippen LogP contribution in [0.4, 0.5) is 17.3 Å². The summed E-state index contributed by atoms with van der Waals surface area (Å²) in [6, 6.07) is 0. The summed E-state index contributed by atoms with van der Waals surface area (Å²) in [4.78, 5) is 22.6. The highest BCUT2D eigenvalue weighted by atomic mass is 16.6. The molecular weight excluding hydrogens is 234 g/mol. The predicted molar refractivity (Wildman–Crippen MR) is 69.1 cm³/mol. The summed E-state index contributed by atoms with van der Waals surface area (Å²) in [5.74, 6) is 0.800. The molecule has 0 N–H and O–H groups in total. The summed E-state index contributed by atoms with van der Waals surface area (Å²) < 4.78 is 0. The van der Waals surface area contributed by atoms with E-state index in [2.05, 4.69) is 9.97 Å². The molecule has 0 saturated carbocycles. The molecule has 1 fully saturated rings. The standard InChI is InChI=1S/C11H17N5O2/c1-14(2)10-9(16(17)18)11(13-8-12-10)15-6-4-3-5-7-15/h8H,3-7H2,1-2H3. The SMILES string of the molecule is CN(C)c1ncnc(N2CCCCC2)c1[N+](=O)[O-]. The van der Waals surface area contributed by atoms with E-state index < -0.39 is 0 Å². The molecule has 0 aromatic carbocycles. The zero-order valence-electron chi connectivity index (χ0n) is 10.7. The van der Waals surface area contributed by atoms with E-state index in [-0.39, 0.29) is 10.6 Å². The average Bonchev–Trinajstić information content (AvgIpc) is 2.38. The van der Waals surface area contributed by atoms with E-state index in [1.54, 1.807) is 19.0 Å². The molecule has 18 heavy (non-hydrogen) atoms. The van der Waals surface area contributed by atoms with Crippen molar-refractivity contribution >= 4 is 17.3 Å². The molecule has 7 nitrogen and oxygen atoms in total. The van der Waals surface area contributed by atoms with Crippen molar-refractivity contribution in [3.63, 3.8) is 0 Å². The molecule has 7 heteroatoms. The molecule has 1 aromatic rings. The van der Waals surface area contributed by atoms with E-state index >= 15 is 0 Å². The Hall–Kier alpha value is -1.92. The molecule has 98 valence electrons. The second-order valence-electron chi connectivity index (χ2n) is 4.57. The van der Waals surface area contributed by atoms with E-state index in [1.807, 2.05) is 4.90 Å². The molecule has 0 aliphatic carbocycles. The summed E-state index contributed by atoms with van der Waals surface area (Å²) in [5, 5.41) is 11.3. The molecule has 0 unspecified atom stereocenters. The molecule has 2 rings (SSSR count). The van der Waals surface area contributed by atoms with Crippen LogP contribution in [-0.2, 0) is 0 Å². The predicted octanol–water partition coefficient (Wildman–Crippen LogP) is 1.44. The third-order valence-electron chi connectivity index (χ3n) is 3.05. The number of aromatic nitrogens is 2. The molecular formula is C11H17N5O2. The van der Waals surface area contributed by atoms with Crippen LogP contribution in [-0.4, -0.2) is 42.1 Å². The van der Waals surface area contributed by atoms with Gasteiger partial charge in [-0.3, -0.25) is 10.1 Å². The lowest BCUT2D eigenvalue weighted by Gasteiger charge is -2.27. The zero-order valence-corrected chi connectivity index (χ0v) is 10.7. The van der Waals surface area contributed by atoms with Gasteiger partial charge in [-0.05, 0) is 19.3 Å². The van der Waals surface area contributed by atoms with E-state index in [0.29, 0.717) is 11.6 Å². The van der Waals surface area contributed by atoms with Gasteiger partial charge >= 0.3 is 5.69 Å². The minimum absolute atomic E-state index is 0.00407. The molecule has 0 spiro atoms. The monoisotopic (exact) mass is 251 g/mol. The third kappa shape index (κ3) is 2.34. The summed E-state index contributed by atoms with van der Waals surface area (Å²) >= 11 is 0. The van der Waals surface area contributed by atoms with Crippen molar-refractivity contribution in [1.82, 2.24) is 9.97 Å². The molecule has 1 aliphatic rings. The molecule has 1 aromatic heterocycles. The number of anilines is 2. The number of nitrogens with zero attached hydrogens (tertiary/aromatic N) is 5. The van der Waals surface area contributed by atoms with Crippen LogP contribution < -0.4 is 9.80 Å². The fraction of sp³-hybridized carbons (Fsp3) is 0.636. The van der Waals surface area contributed by atoms with Crippen molar-refractivity contribution in [2.75, 3.05) is 37.0 Å². The first-order chi connectivity index (χ1) is 8.61. The van der Waals surface area contributed by atoms with Crippen molar-refractivity contribution in [2.24, 2.45) is 0 Å². The van der Waals surface area contributed by atoms with E-state index in [1.165, 1.54) is 12.7 Å². The molecule has 1 aliphatic heterocycles. The van der Waals surface area contributed by atoms with E-state index in [4.69, 9.17) is 0 Å². The maximum atomic E-state index is 11.3. The highest BCUT2D eigenvalue weighted by molar-refractivity contribution is 5.70. The number of piperidine rings is 1. The van der Waals surface area contributed by atoms with Gasteiger partial charge < -0.3 is 9.80 Å². The second-order valence-corrected chi connectivity index (χ2v) is 4.57. The topological polar surface area (TPSA) is 75.4 Å². The van der Waals surface area contributed by atoms with Crippen molar-refractivity contribution in [3.05, 3.63) is 16.4 Å². The van der Waals surface area contributed by atoms with Crippen LogP contribution in [0.2, 0.25) is 0 Å². The van der Waals surface area contributed by atoms with Crippen LogP contribution in [0, 0.1) is 10.1 Å². The van der Waals surface area contributed by atoms with Gasteiger partial charge in [-0.25, -0.2) is 9.97 Å². The number of rotatable bonds is 3. The van der Waals surface area contributed by atoms with Gasteiger partial charge in [-0.15, -0.1) is 0 Å². The van der Waals surface area contributed by atoms with Crippen molar-refractivity contribution in [3.8, 4) is 0 Å². The fourth-order valence-electron chi connectivity index (χ4n) is 2.19. The minimum Gasteiger partial charge on any atom is -0.357 e. The minimum atomic E-state index is -0.390. The molecule has 0 bridgehead atoms. The van der Waals surface area contributed by atoms with Crippen molar-refractivity contribution in [2.45, 2.75) is 19.3 Å². The Labute approximate surface area is 106 Å². The van der Waals surface area contributed by atoms with Gasteiger partial charge in [0.2, 0.25) is 11.6 Å². The van der Waals surface area contributed by atoms with Crippen LogP contribution in [0.25, 0.3) is 0 Å². The molecule has 0 radical (unpaired) electrons. The number of hydrogen-bond donors (Lipinski definition) is 0. The highest BCUT2D eigenvalue weighted by Gasteiger charge is 2.28. The van der Waals surface area contributed by atoms with Gasteiger partial charge in [0, 0.05) is 27.2 Å². The third-order valence-corrected chi connectivity index (χ3v) is 3.05. The molecule has 1 saturated heterocycles. The van der Waals surface area contributed by atoms with Crippen LogP contribution in [0.5, 0.6) is 0 Å². The Kier molecular flexibility index (Phi) is 3.59. The van der Waals surface area contributed by atoms with Gasteiger partial charge in [0.05, 0.1) is 4.92 Å². The second kappa shape index (κ2) is 5.16. The van der Waals surface area contributed by atoms with Gasteiger partial charge in [-0.1, -0.05) is 0 Å². The first-order valence-corrected chi connectivity index (χ1v) is 6.03. The maximum Gasteiger partial charge on any atom is 0.353 e. The smallest absolute Gasteiger partial charge is 0.353 e. The Bertz CT molecular complexity index is 443. The van der Waals surface area contributed by atoms with Crippen LogP contribution in [0.3, 0.4) is 0 Å². The summed E-state index contributed by atoms with van der Waals surface area (Å²) in [6.07, 6.45) is 4.68. The van der Waals surface area contributed by atoms with Crippen molar-refractivity contribution in [1.29, 1.82) is 0 Å². The lowest BCUT2D eigenvalue weighted by Crippen LogP contribution is -2.31. The first-order valence-electron chi connectivity index (χ1n) is 6.03. The Morgan fingerprint density at radius 1 is 1.28 bits per heavy atom. The lowest BCUT2D eigenvalue weighted by molar-refractivity contribution is -0.383. The first kappa shape index (κ1) is 12.5. The Balaban J connectivity index is 2.45. The zero-order chi connectivity index (χ0) is 13.1. The van der Waals surface area contributed by atoms with E-state index in [9.17, 15) is 10.1 Å². The fourth-order valence-corrected chi connectivity index (χ4v) is 2.19. The summed E-state index contributed by atoms with van der Waals surface area (Å²) in [7, 11) is 3.49. The van der Waals surface area contributed by atoms with Crippen LogP contribution in [0.15, 0.2) is 6.33 Å². The maximum absolute atomic E-state index is 11.3. The van der Waals surface area contributed by atoms with Gasteiger partial charge in [0.25, 0.3) is 0 Å². The lowest BCUT2D eigenvalue weighted by atomic mass is 10.1. The van der Waals surface area contributed by atoms with Crippen LogP contribution in [0.1, 0.15) is 19.3 Å². The molecule has 2 heterocycles. The van der Waals surface area contributed by atoms with Gasteiger partial charge in [0.1, 0.15) is 6.33 Å². The van der Waals surface area contributed by atoms with Gasteiger partial charge in [0.15, 0.2) is 0 Å². The normalized spacial score (nSPS) is 15.6.